The summed E-state index contributed by atoms with van der Waals surface area (Å²) in [6, 6.07) is 0. The normalized spacial score (nSPS) is 16.9. The van der Waals surface area contributed by atoms with Crippen LogP contribution in [0, 0.1) is 0 Å². The van der Waals surface area contributed by atoms with Crippen molar-refractivity contribution >= 4 is 11.8 Å². The van der Waals surface area contributed by atoms with Crippen LogP contribution in [0.3, 0.4) is 0 Å². The summed E-state index contributed by atoms with van der Waals surface area (Å²) in [6.45, 7) is 11.2. The van der Waals surface area contributed by atoms with Crippen molar-refractivity contribution in [3.05, 3.63) is 0 Å². The van der Waals surface area contributed by atoms with Gasteiger partial charge < -0.3 is 20.4 Å². The Kier molecular flexibility index (Phi) is 8.22. The number of hydrogen-bond acceptors (Lipinski definition) is 4. The van der Waals surface area contributed by atoms with Crippen molar-refractivity contribution < 1.29 is 9.59 Å². The summed E-state index contributed by atoms with van der Waals surface area (Å²) >= 11 is 0. The van der Waals surface area contributed by atoms with E-state index in [0.29, 0.717) is 0 Å². The summed E-state index contributed by atoms with van der Waals surface area (Å²) < 4.78 is 0. The first-order valence-corrected chi connectivity index (χ1v) is 7.51. The van der Waals surface area contributed by atoms with E-state index in [1.54, 1.807) is 13.8 Å². The van der Waals surface area contributed by atoms with Crippen LogP contribution < -0.4 is 10.6 Å². The van der Waals surface area contributed by atoms with E-state index in [0.717, 1.165) is 65.2 Å². The largest absolute Gasteiger partial charge is 0.356 e. The highest BCUT2D eigenvalue weighted by Gasteiger charge is 2.15. The zero-order chi connectivity index (χ0) is 14.8. The second-order valence-electron chi connectivity index (χ2n) is 5.36. The predicted octanol–water partition coefficient (Wildman–Crippen LogP) is -0.344. The van der Waals surface area contributed by atoms with E-state index in [4.69, 9.17) is 0 Å². The van der Waals surface area contributed by atoms with E-state index in [1.807, 2.05) is 0 Å². The smallest absolute Gasteiger partial charge is 0.216 e. The van der Waals surface area contributed by atoms with Crippen LogP contribution in [0.2, 0.25) is 0 Å². The molecule has 2 amide bonds. The number of carbonyl (C=O) groups is 2. The number of nitrogens with one attached hydrogen (secondary N) is 2. The first kappa shape index (κ1) is 16.9. The average Bonchev–Trinajstić information content (AvgIpc) is 2.41. The molecule has 0 atom stereocenters. The van der Waals surface area contributed by atoms with Crippen molar-refractivity contribution in [1.29, 1.82) is 0 Å². The number of carbonyl (C=O) groups excluding carboxylic acids is 2. The topological polar surface area (TPSA) is 64.7 Å². The fraction of sp³-hybridized carbons (Fsp3) is 0.857. The molecule has 1 saturated heterocycles. The van der Waals surface area contributed by atoms with Gasteiger partial charge >= 0.3 is 0 Å². The number of hydrogen-bond donors (Lipinski definition) is 2. The Morgan fingerprint density at radius 1 is 0.800 bits per heavy atom. The van der Waals surface area contributed by atoms with Crippen LogP contribution in [-0.4, -0.2) is 74.0 Å². The van der Waals surface area contributed by atoms with Crippen LogP contribution in [0.5, 0.6) is 0 Å². The van der Waals surface area contributed by atoms with Crippen LogP contribution in [0.4, 0.5) is 0 Å². The van der Waals surface area contributed by atoms with Gasteiger partial charge in [-0.2, -0.15) is 0 Å². The number of piperazine rings is 1. The van der Waals surface area contributed by atoms with Gasteiger partial charge in [0.2, 0.25) is 11.8 Å². The lowest BCUT2D eigenvalue weighted by Gasteiger charge is -2.34. The Morgan fingerprint density at radius 2 is 1.15 bits per heavy atom. The van der Waals surface area contributed by atoms with Crippen LogP contribution >= 0.6 is 0 Å². The molecular weight excluding hydrogens is 256 g/mol. The fourth-order valence-corrected chi connectivity index (χ4v) is 2.37. The van der Waals surface area contributed by atoms with Gasteiger partial charge in [0.25, 0.3) is 0 Å². The first-order chi connectivity index (χ1) is 9.58. The molecule has 1 fully saturated rings. The molecule has 0 unspecified atom stereocenters. The minimum atomic E-state index is 0.0500. The first-order valence-electron chi connectivity index (χ1n) is 7.51. The molecular formula is C14H28N4O2. The number of nitrogens with zero attached hydrogens (tertiary/aromatic N) is 2. The molecule has 6 nitrogen and oxygen atoms in total. The van der Waals surface area contributed by atoms with Crippen LogP contribution in [0.25, 0.3) is 0 Å². The molecule has 0 aromatic heterocycles. The van der Waals surface area contributed by atoms with Gasteiger partial charge in [-0.3, -0.25) is 9.59 Å². The average molecular weight is 284 g/mol. The molecule has 2 N–H and O–H groups in total. The van der Waals surface area contributed by atoms with Gasteiger partial charge in [-0.05, 0) is 25.9 Å². The minimum absolute atomic E-state index is 0.0500. The molecule has 0 radical (unpaired) electrons. The van der Waals surface area contributed by atoms with Crippen molar-refractivity contribution in [3.63, 3.8) is 0 Å². The van der Waals surface area contributed by atoms with Crippen molar-refractivity contribution in [2.75, 3.05) is 52.4 Å². The lowest BCUT2D eigenvalue weighted by atomic mass is 10.2. The summed E-state index contributed by atoms with van der Waals surface area (Å²) in [5, 5.41) is 5.65. The minimum Gasteiger partial charge on any atom is -0.356 e. The highest BCUT2D eigenvalue weighted by Crippen LogP contribution is 2.02. The lowest BCUT2D eigenvalue weighted by Crippen LogP contribution is -2.47. The molecule has 0 aromatic carbocycles. The molecule has 1 rings (SSSR count). The van der Waals surface area contributed by atoms with Gasteiger partial charge in [0, 0.05) is 53.1 Å². The quantitative estimate of drug-likeness (QED) is 0.598. The second kappa shape index (κ2) is 9.72. The van der Waals surface area contributed by atoms with Crippen LogP contribution in [0.15, 0.2) is 0 Å². The maximum atomic E-state index is 10.7. The maximum absolute atomic E-state index is 10.7. The molecule has 1 aliphatic rings. The zero-order valence-corrected chi connectivity index (χ0v) is 12.8. The van der Waals surface area contributed by atoms with E-state index < -0.39 is 0 Å². The molecule has 20 heavy (non-hydrogen) atoms. The summed E-state index contributed by atoms with van der Waals surface area (Å²) in [5.74, 6) is 0.1000. The summed E-state index contributed by atoms with van der Waals surface area (Å²) in [5.41, 5.74) is 0. The Labute approximate surface area is 121 Å². The highest BCUT2D eigenvalue weighted by molar-refractivity contribution is 5.72. The Hall–Kier alpha value is -1.14. The Balaban J connectivity index is 1.99. The molecule has 1 heterocycles. The fourth-order valence-electron chi connectivity index (χ4n) is 2.37. The van der Waals surface area contributed by atoms with Crippen molar-refractivity contribution in [2.45, 2.75) is 26.7 Å². The molecule has 116 valence electrons. The second-order valence-corrected chi connectivity index (χ2v) is 5.36. The van der Waals surface area contributed by atoms with Gasteiger partial charge in [0.05, 0.1) is 0 Å². The van der Waals surface area contributed by atoms with E-state index in [9.17, 15) is 9.59 Å². The molecule has 6 heteroatoms. The Morgan fingerprint density at radius 3 is 1.45 bits per heavy atom. The summed E-state index contributed by atoms with van der Waals surface area (Å²) in [4.78, 5) is 26.4. The van der Waals surface area contributed by atoms with E-state index in [2.05, 4.69) is 20.4 Å². The number of amides is 2. The molecule has 0 saturated carbocycles. The zero-order valence-electron chi connectivity index (χ0n) is 12.8. The van der Waals surface area contributed by atoms with Gasteiger partial charge in [-0.15, -0.1) is 0 Å². The highest BCUT2D eigenvalue weighted by atomic mass is 16.1. The summed E-state index contributed by atoms with van der Waals surface area (Å²) in [6.07, 6.45) is 2.03. The van der Waals surface area contributed by atoms with E-state index >= 15 is 0 Å². The van der Waals surface area contributed by atoms with Crippen LogP contribution in [0.1, 0.15) is 26.7 Å². The van der Waals surface area contributed by atoms with E-state index in [-0.39, 0.29) is 11.8 Å². The predicted molar refractivity (Wildman–Crippen MR) is 79.5 cm³/mol. The molecule has 0 bridgehead atoms. The lowest BCUT2D eigenvalue weighted by molar-refractivity contribution is -0.119. The third kappa shape index (κ3) is 8.12. The van der Waals surface area contributed by atoms with Gasteiger partial charge in [-0.1, -0.05) is 0 Å². The van der Waals surface area contributed by atoms with Gasteiger partial charge in [0.1, 0.15) is 0 Å². The monoisotopic (exact) mass is 284 g/mol. The van der Waals surface area contributed by atoms with Crippen molar-refractivity contribution in [1.82, 2.24) is 20.4 Å². The summed E-state index contributed by atoms with van der Waals surface area (Å²) in [7, 11) is 0. The van der Waals surface area contributed by atoms with Crippen molar-refractivity contribution in [2.24, 2.45) is 0 Å². The molecule has 1 aliphatic heterocycles. The number of rotatable bonds is 8. The third-order valence-corrected chi connectivity index (χ3v) is 3.52. The molecule has 0 aromatic rings. The van der Waals surface area contributed by atoms with Crippen LogP contribution in [-0.2, 0) is 9.59 Å². The third-order valence-electron chi connectivity index (χ3n) is 3.52. The maximum Gasteiger partial charge on any atom is 0.216 e. The standard InChI is InChI=1S/C14H28N4O2/c1-13(19)15-5-3-7-17-9-11-18(12-10-17)8-4-6-16-14(2)20/h3-12H2,1-2H3,(H,15,19)(H,16,20). The SMILES string of the molecule is CC(=O)NCCCN1CCN(CCCNC(C)=O)CC1. The van der Waals surface area contributed by atoms with Gasteiger partial charge in [-0.25, -0.2) is 0 Å². The van der Waals surface area contributed by atoms with Crippen molar-refractivity contribution in [3.8, 4) is 0 Å². The van der Waals surface area contributed by atoms with Gasteiger partial charge in [0.15, 0.2) is 0 Å². The Bertz CT molecular complexity index is 272. The molecule has 0 spiro atoms. The van der Waals surface area contributed by atoms with E-state index in [1.165, 1.54) is 0 Å². The molecule has 0 aliphatic carbocycles.